The Bertz CT molecular complexity index is 216. The molecule has 0 bridgehead atoms. The van der Waals surface area contributed by atoms with Crippen LogP contribution in [0.5, 0.6) is 0 Å². The first kappa shape index (κ1) is 6.27. The van der Waals surface area contributed by atoms with Crippen LogP contribution in [0.1, 0.15) is 16.8 Å². The summed E-state index contributed by atoms with van der Waals surface area (Å²) < 4.78 is 0. The van der Waals surface area contributed by atoms with Crippen LogP contribution >= 0.6 is 0 Å². The second kappa shape index (κ2) is 2.18. The van der Waals surface area contributed by atoms with Gasteiger partial charge >= 0.3 is 0 Å². The summed E-state index contributed by atoms with van der Waals surface area (Å²) in [5.41, 5.74) is 3.42. The third kappa shape index (κ3) is 1.28. The summed E-state index contributed by atoms with van der Waals surface area (Å²) >= 11 is 0. The average Bonchev–Trinajstić information content (AvgIpc) is 1.80. The van der Waals surface area contributed by atoms with Gasteiger partial charge in [0.05, 0.1) is 6.20 Å². The Balaban J connectivity index is 3.17. The van der Waals surface area contributed by atoms with E-state index in [0.29, 0.717) is 0 Å². The molecule has 1 heteroatoms. The van der Waals surface area contributed by atoms with Gasteiger partial charge in [-0.25, -0.2) is 0 Å². The van der Waals surface area contributed by atoms with Crippen molar-refractivity contribution in [1.82, 2.24) is 4.98 Å². The van der Waals surface area contributed by atoms with E-state index in [1.165, 1.54) is 5.56 Å². The van der Waals surface area contributed by atoms with E-state index < -0.39 is 0 Å². The molecule has 1 rings (SSSR count). The Labute approximate surface area is 55.7 Å². The van der Waals surface area contributed by atoms with Crippen LogP contribution in [0.3, 0.4) is 0 Å². The summed E-state index contributed by atoms with van der Waals surface area (Å²) in [4.78, 5) is 4.05. The highest BCUT2D eigenvalue weighted by Gasteiger charge is 1.91. The average molecular weight is 120 g/mol. The topological polar surface area (TPSA) is 12.9 Å². The Morgan fingerprint density at radius 3 is 2.44 bits per heavy atom. The molecule has 0 saturated carbocycles. The van der Waals surface area contributed by atoms with Gasteiger partial charge in [-0.1, -0.05) is 6.07 Å². The molecule has 0 fully saturated rings. The molecule has 1 aromatic rings. The van der Waals surface area contributed by atoms with Gasteiger partial charge in [-0.05, 0) is 31.9 Å². The molecule has 1 radical (unpaired) electrons. The zero-order chi connectivity index (χ0) is 6.85. The number of pyridine rings is 1. The third-order valence-electron chi connectivity index (χ3n) is 1.40. The van der Waals surface area contributed by atoms with Crippen LogP contribution in [0.4, 0.5) is 0 Å². The van der Waals surface area contributed by atoms with Crippen LogP contribution in [-0.2, 0) is 0 Å². The third-order valence-corrected chi connectivity index (χ3v) is 1.40. The molecule has 9 heavy (non-hydrogen) atoms. The zero-order valence-electron chi connectivity index (χ0n) is 6.02. The predicted octanol–water partition coefficient (Wildman–Crippen LogP) is 1.81. The van der Waals surface area contributed by atoms with Crippen LogP contribution in [0.15, 0.2) is 6.07 Å². The fraction of sp³-hybridized carbons (Fsp3) is 0.375. The first-order valence-electron chi connectivity index (χ1n) is 3.02. The number of aromatic nitrogens is 1. The van der Waals surface area contributed by atoms with Crippen molar-refractivity contribution in [1.29, 1.82) is 0 Å². The van der Waals surface area contributed by atoms with Gasteiger partial charge in [-0.15, -0.1) is 0 Å². The smallest absolute Gasteiger partial charge is 0.0921 e. The first-order valence-corrected chi connectivity index (χ1v) is 3.02. The maximum Gasteiger partial charge on any atom is 0.0921 e. The van der Waals surface area contributed by atoms with Gasteiger partial charge in [-0.3, -0.25) is 4.98 Å². The molecule has 0 aliphatic carbocycles. The van der Waals surface area contributed by atoms with Gasteiger partial charge in [0.1, 0.15) is 0 Å². The quantitative estimate of drug-likeness (QED) is 0.508. The van der Waals surface area contributed by atoms with Gasteiger partial charge in [0, 0.05) is 5.69 Å². The van der Waals surface area contributed by atoms with E-state index in [4.69, 9.17) is 0 Å². The molecular formula is C8H10N. The van der Waals surface area contributed by atoms with E-state index in [-0.39, 0.29) is 0 Å². The minimum Gasteiger partial charge on any atom is -0.251 e. The first-order chi connectivity index (χ1) is 4.20. The molecule has 0 aromatic carbocycles. The van der Waals surface area contributed by atoms with Gasteiger partial charge in [0.2, 0.25) is 0 Å². The van der Waals surface area contributed by atoms with Crippen molar-refractivity contribution < 1.29 is 0 Å². The zero-order valence-corrected chi connectivity index (χ0v) is 6.02. The SMILES string of the molecule is Cc1[c]nc(C)c(C)c1. The summed E-state index contributed by atoms with van der Waals surface area (Å²) in [5, 5.41) is 0. The molecule has 1 heterocycles. The summed E-state index contributed by atoms with van der Waals surface area (Å²) in [6.45, 7) is 6.05. The monoisotopic (exact) mass is 120 g/mol. The minimum atomic E-state index is 1.07. The molecule has 1 nitrogen and oxygen atoms in total. The number of nitrogens with zero attached hydrogens (tertiary/aromatic N) is 1. The van der Waals surface area contributed by atoms with Crippen LogP contribution in [0.2, 0.25) is 0 Å². The summed E-state index contributed by atoms with van der Waals surface area (Å²) in [5.74, 6) is 0. The number of hydrogen-bond donors (Lipinski definition) is 0. The normalized spacial score (nSPS) is 9.67. The van der Waals surface area contributed by atoms with Crippen molar-refractivity contribution in [3.05, 3.63) is 29.1 Å². The number of aryl methyl sites for hydroxylation is 3. The van der Waals surface area contributed by atoms with Crippen LogP contribution in [-0.4, -0.2) is 4.98 Å². The van der Waals surface area contributed by atoms with E-state index in [1.807, 2.05) is 13.8 Å². The highest BCUT2D eigenvalue weighted by atomic mass is 14.7. The van der Waals surface area contributed by atoms with E-state index in [2.05, 4.69) is 24.2 Å². The predicted molar refractivity (Wildman–Crippen MR) is 37.3 cm³/mol. The lowest BCUT2D eigenvalue weighted by Gasteiger charge is -1.96. The maximum absolute atomic E-state index is 4.05. The standard InChI is InChI=1S/C8H10N/c1-6-4-7(2)8(3)9-5-6/h4H,1-3H3. The molecule has 0 spiro atoms. The molecule has 47 valence electrons. The minimum absolute atomic E-state index is 1.07. The second-order valence-electron chi connectivity index (χ2n) is 2.32. The fourth-order valence-corrected chi connectivity index (χ4v) is 0.722. The van der Waals surface area contributed by atoms with Gasteiger partial charge in [-0.2, -0.15) is 0 Å². The molecule has 0 amide bonds. The van der Waals surface area contributed by atoms with Crippen LogP contribution < -0.4 is 0 Å². The van der Waals surface area contributed by atoms with E-state index in [0.717, 1.165) is 11.3 Å². The van der Waals surface area contributed by atoms with Crippen molar-refractivity contribution >= 4 is 0 Å². The summed E-state index contributed by atoms with van der Waals surface area (Å²) in [6.07, 6.45) is 2.89. The largest absolute Gasteiger partial charge is 0.251 e. The van der Waals surface area contributed by atoms with Crippen molar-refractivity contribution in [3.8, 4) is 0 Å². The lowest BCUT2D eigenvalue weighted by molar-refractivity contribution is 1.11. The van der Waals surface area contributed by atoms with E-state index in [9.17, 15) is 0 Å². The highest BCUT2D eigenvalue weighted by molar-refractivity contribution is 5.20. The van der Waals surface area contributed by atoms with Gasteiger partial charge in [0.25, 0.3) is 0 Å². The Morgan fingerprint density at radius 2 is 2.00 bits per heavy atom. The lowest BCUT2D eigenvalue weighted by Crippen LogP contribution is -1.86. The van der Waals surface area contributed by atoms with Crippen molar-refractivity contribution in [3.63, 3.8) is 0 Å². The molecule has 0 aliphatic rings. The van der Waals surface area contributed by atoms with E-state index >= 15 is 0 Å². The molecule has 1 aromatic heterocycles. The fourth-order valence-electron chi connectivity index (χ4n) is 0.722. The Morgan fingerprint density at radius 1 is 1.33 bits per heavy atom. The molecule has 0 N–H and O–H groups in total. The molecule has 0 saturated heterocycles. The molecule has 0 unspecified atom stereocenters. The van der Waals surface area contributed by atoms with Crippen molar-refractivity contribution in [2.24, 2.45) is 0 Å². The maximum atomic E-state index is 4.05. The highest BCUT2D eigenvalue weighted by Crippen LogP contribution is 2.03. The van der Waals surface area contributed by atoms with E-state index in [1.54, 1.807) is 0 Å². The van der Waals surface area contributed by atoms with Crippen LogP contribution in [0, 0.1) is 27.0 Å². The number of rotatable bonds is 0. The summed E-state index contributed by atoms with van der Waals surface area (Å²) in [7, 11) is 0. The second-order valence-corrected chi connectivity index (χ2v) is 2.32. The Kier molecular flexibility index (Phi) is 1.52. The van der Waals surface area contributed by atoms with Crippen molar-refractivity contribution in [2.75, 3.05) is 0 Å². The van der Waals surface area contributed by atoms with Gasteiger partial charge < -0.3 is 0 Å². The Hall–Kier alpha value is -0.850. The molecule has 0 aliphatic heterocycles. The van der Waals surface area contributed by atoms with Crippen molar-refractivity contribution in [2.45, 2.75) is 20.8 Å². The molecule has 0 atom stereocenters. The number of hydrogen-bond acceptors (Lipinski definition) is 1. The molecular weight excluding hydrogens is 110 g/mol. The van der Waals surface area contributed by atoms with Crippen LogP contribution in [0.25, 0.3) is 0 Å². The summed E-state index contributed by atoms with van der Waals surface area (Å²) in [6, 6.07) is 2.09. The lowest BCUT2D eigenvalue weighted by atomic mass is 10.2. The van der Waals surface area contributed by atoms with Gasteiger partial charge in [0.15, 0.2) is 0 Å².